The van der Waals surface area contributed by atoms with Crippen molar-refractivity contribution in [3.63, 3.8) is 0 Å². The fourth-order valence-corrected chi connectivity index (χ4v) is 9.93. The van der Waals surface area contributed by atoms with E-state index in [2.05, 4.69) is 236 Å². The molecule has 0 aliphatic carbocycles. The van der Waals surface area contributed by atoms with Gasteiger partial charge in [-0.05, 0) is 156 Å². The molecule has 2 aromatic heterocycles. The van der Waals surface area contributed by atoms with Gasteiger partial charge in [0.15, 0.2) is 0 Å². The largest absolute Gasteiger partial charge is 0.456 e. The average molecular weight is 835 g/mol. The van der Waals surface area contributed by atoms with Gasteiger partial charge in [-0.3, -0.25) is 0 Å². The maximum Gasteiger partial charge on any atom is 0.135 e. The predicted octanol–water partition coefficient (Wildman–Crippen LogP) is 17.0. The fraction of sp³-hybridized carbons (Fsp3) is 0.0645. The van der Waals surface area contributed by atoms with Gasteiger partial charge in [0.25, 0.3) is 0 Å². The number of furan rings is 1. The Hall–Kier alpha value is -8.14. The van der Waals surface area contributed by atoms with Gasteiger partial charge in [0.05, 0.1) is 11.0 Å². The number of benzene rings is 10. The first-order valence-corrected chi connectivity index (χ1v) is 22.6. The van der Waals surface area contributed by atoms with E-state index >= 15 is 0 Å². The zero-order valence-electron chi connectivity index (χ0n) is 36.5. The molecule has 310 valence electrons. The highest BCUT2D eigenvalue weighted by Gasteiger charge is 2.18. The van der Waals surface area contributed by atoms with Crippen molar-refractivity contribution in [1.29, 1.82) is 0 Å². The molecule has 65 heavy (non-hydrogen) atoms. The molecule has 0 aliphatic rings. The number of aryl methyl sites for hydroxylation is 4. The molecule has 12 rings (SSSR count). The van der Waals surface area contributed by atoms with E-state index in [0.717, 1.165) is 51.8 Å². The molecule has 0 fully saturated rings. The minimum Gasteiger partial charge on any atom is -0.456 e. The summed E-state index contributed by atoms with van der Waals surface area (Å²) < 4.78 is 8.61. The third kappa shape index (κ3) is 6.93. The SMILES string of the molecule is Cc1ccc(CCc2c(-c3ccc4oc5ccccc5c4c3)ccc3cc(N(c4ccc(C)cc4)c4ccc(-c5ccc6c(c5)c5ccccc5n6-c5ccccc5)cc4)ccc23)cc1. The van der Waals surface area contributed by atoms with Gasteiger partial charge in [-0.15, -0.1) is 0 Å². The lowest BCUT2D eigenvalue weighted by atomic mass is 9.89. The van der Waals surface area contributed by atoms with E-state index in [-0.39, 0.29) is 0 Å². The Morgan fingerprint density at radius 1 is 0.400 bits per heavy atom. The minimum absolute atomic E-state index is 0.916. The molecule has 0 unspecified atom stereocenters. The number of anilines is 3. The Bertz CT molecular complexity index is 3710. The molecule has 10 aromatic carbocycles. The smallest absolute Gasteiger partial charge is 0.135 e. The second-order valence-corrected chi connectivity index (χ2v) is 17.4. The van der Waals surface area contributed by atoms with Crippen LogP contribution in [0, 0.1) is 13.8 Å². The summed E-state index contributed by atoms with van der Waals surface area (Å²) in [5.41, 5.74) is 18.8. The quantitative estimate of drug-likeness (QED) is 0.144. The Balaban J connectivity index is 0.944. The van der Waals surface area contributed by atoms with Crippen LogP contribution in [0.5, 0.6) is 0 Å². The van der Waals surface area contributed by atoms with Crippen LogP contribution >= 0.6 is 0 Å². The van der Waals surface area contributed by atoms with Gasteiger partial charge in [-0.2, -0.15) is 0 Å². The summed E-state index contributed by atoms with van der Waals surface area (Å²) in [6.07, 6.45) is 1.87. The van der Waals surface area contributed by atoms with Crippen LogP contribution in [0.25, 0.3) is 82.5 Å². The number of fused-ring (bicyclic) bond motifs is 7. The lowest BCUT2D eigenvalue weighted by Gasteiger charge is -2.26. The van der Waals surface area contributed by atoms with Gasteiger partial charge in [-0.1, -0.05) is 145 Å². The van der Waals surface area contributed by atoms with Gasteiger partial charge in [-0.25, -0.2) is 0 Å². The molecule has 0 aliphatic heterocycles. The first-order chi connectivity index (χ1) is 32.0. The zero-order chi connectivity index (χ0) is 43.4. The molecule has 0 saturated carbocycles. The van der Waals surface area contributed by atoms with Crippen LogP contribution in [-0.4, -0.2) is 4.57 Å². The van der Waals surface area contributed by atoms with E-state index in [0.29, 0.717) is 0 Å². The van der Waals surface area contributed by atoms with Crippen molar-refractivity contribution in [3.05, 3.63) is 241 Å². The highest BCUT2D eigenvalue weighted by Crippen LogP contribution is 2.42. The molecule has 12 aromatic rings. The highest BCUT2D eigenvalue weighted by atomic mass is 16.3. The molecule has 0 N–H and O–H groups in total. The highest BCUT2D eigenvalue weighted by molar-refractivity contribution is 6.11. The minimum atomic E-state index is 0.916. The molecular weight excluding hydrogens is 789 g/mol. The first-order valence-electron chi connectivity index (χ1n) is 22.6. The van der Waals surface area contributed by atoms with Crippen molar-refractivity contribution in [3.8, 4) is 27.9 Å². The molecule has 3 heteroatoms. The van der Waals surface area contributed by atoms with E-state index in [1.165, 1.54) is 82.8 Å². The molecule has 2 heterocycles. The number of nitrogens with zero attached hydrogens (tertiary/aromatic N) is 2. The Morgan fingerprint density at radius 3 is 1.82 bits per heavy atom. The van der Waals surface area contributed by atoms with Crippen LogP contribution in [0.4, 0.5) is 17.1 Å². The topological polar surface area (TPSA) is 21.3 Å². The monoisotopic (exact) mass is 834 g/mol. The maximum absolute atomic E-state index is 6.24. The number of hydrogen-bond donors (Lipinski definition) is 0. The van der Waals surface area contributed by atoms with Crippen molar-refractivity contribution in [1.82, 2.24) is 4.57 Å². The summed E-state index contributed by atoms with van der Waals surface area (Å²) in [6, 6.07) is 79.9. The predicted molar refractivity (Wildman–Crippen MR) is 274 cm³/mol. The first kappa shape index (κ1) is 38.5. The summed E-state index contributed by atoms with van der Waals surface area (Å²) in [5, 5.41) is 7.29. The van der Waals surface area contributed by atoms with Crippen molar-refractivity contribution in [2.24, 2.45) is 0 Å². The van der Waals surface area contributed by atoms with Gasteiger partial charge >= 0.3 is 0 Å². The van der Waals surface area contributed by atoms with Crippen molar-refractivity contribution < 1.29 is 4.42 Å². The van der Waals surface area contributed by atoms with Crippen LogP contribution in [0.3, 0.4) is 0 Å². The number of para-hydroxylation sites is 3. The van der Waals surface area contributed by atoms with Gasteiger partial charge in [0, 0.05) is 44.3 Å². The van der Waals surface area contributed by atoms with Gasteiger partial charge in [0.1, 0.15) is 11.2 Å². The summed E-state index contributed by atoms with van der Waals surface area (Å²) in [4.78, 5) is 2.39. The normalized spacial score (nSPS) is 11.7. The standard InChI is InChI=1S/C62H46N2O/c1-41-16-20-43(21-17-41)22-33-54-52(47-27-37-62-58(40-47)56-13-7-9-15-61(56)65-62)34-25-46-38-51(32-35-53(46)54)63(49-28-18-42(2)19-29-49)50-30-23-44(24-31-50)45-26-36-60-57(39-45)55-12-6-8-14-59(55)64(60)48-10-4-3-5-11-48/h3-21,23-32,34-40H,22,33H2,1-2H3. The van der Waals surface area contributed by atoms with Crippen LogP contribution in [-0.2, 0) is 12.8 Å². The molecule has 0 amide bonds. The van der Waals surface area contributed by atoms with Crippen molar-refractivity contribution in [2.75, 3.05) is 4.90 Å². The Kier molecular flexibility index (Phi) is 9.42. The average Bonchev–Trinajstić information content (AvgIpc) is 3.90. The summed E-state index contributed by atoms with van der Waals surface area (Å²) in [6.45, 7) is 4.30. The Labute approximate surface area is 379 Å². The van der Waals surface area contributed by atoms with Crippen LogP contribution in [0.1, 0.15) is 22.3 Å². The lowest BCUT2D eigenvalue weighted by molar-refractivity contribution is 0.669. The third-order valence-electron chi connectivity index (χ3n) is 13.3. The maximum atomic E-state index is 6.24. The molecule has 0 spiro atoms. The lowest BCUT2D eigenvalue weighted by Crippen LogP contribution is -2.10. The zero-order valence-corrected chi connectivity index (χ0v) is 36.5. The summed E-state index contributed by atoms with van der Waals surface area (Å²) in [7, 11) is 0. The summed E-state index contributed by atoms with van der Waals surface area (Å²) >= 11 is 0. The van der Waals surface area contributed by atoms with Crippen LogP contribution in [0.15, 0.2) is 223 Å². The van der Waals surface area contributed by atoms with E-state index < -0.39 is 0 Å². The van der Waals surface area contributed by atoms with E-state index in [9.17, 15) is 0 Å². The molecule has 0 radical (unpaired) electrons. The second kappa shape index (κ2) is 15.9. The van der Waals surface area contributed by atoms with E-state index in [4.69, 9.17) is 4.42 Å². The molecule has 0 bridgehead atoms. The number of hydrogen-bond acceptors (Lipinski definition) is 2. The molecular formula is C62H46N2O. The van der Waals surface area contributed by atoms with Crippen molar-refractivity contribution >= 4 is 71.6 Å². The summed E-state index contributed by atoms with van der Waals surface area (Å²) in [5.74, 6) is 0. The number of aromatic nitrogens is 1. The second-order valence-electron chi connectivity index (χ2n) is 17.4. The Morgan fingerprint density at radius 2 is 1.02 bits per heavy atom. The number of rotatable bonds is 9. The van der Waals surface area contributed by atoms with Crippen LogP contribution < -0.4 is 4.90 Å². The molecule has 0 saturated heterocycles. The third-order valence-corrected chi connectivity index (χ3v) is 13.3. The van der Waals surface area contributed by atoms with Gasteiger partial charge < -0.3 is 13.9 Å². The fourth-order valence-electron chi connectivity index (χ4n) is 9.93. The molecule has 3 nitrogen and oxygen atoms in total. The van der Waals surface area contributed by atoms with E-state index in [1.807, 2.05) is 6.07 Å². The van der Waals surface area contributed by atoms with Gasteiger partial charge in [0.2, 0.25) is 0 Å². The van der Waals surface area contributed by atoms with Crippen molar-refractivity contribution in [2.45, 2.75) is 26.7 Å². The van der Waals surface area contributed by atoms with E-state index in [1.54, 1.807) is 0 Å². The van der Waals surface area contributed by atoms with Crippen LogP contribution in [0.2, 0.25) is 0 Å². The molecule has 0 atom stereocenters.